The molecule has 2 nitrogen and oxygen atoms in total. The Balaban J connectivity index is 2.09. The maximum atomic E-state index is 6.03. The molecule has 0 spiro atoms. The third kappa shape index (κ3) is 2.53. The maximum Gasteiger partial charge on any atom is 0.142 e. The Labute approximate surface area is 120 Å². The Hall–Kier alpha value is -1.71. The molecule has 4 heteroatoms. The molecule has 3 rings (SSSR count). The molecule has 0 saturated heterocycles. The van der Waals surface area contributed by atoms with E-state index in [0.717, 1.165) is 26.8 Å². The first-order valence-electron chi connectivity index (χ1n) is 5.91. The molecule has 0 bridgehead atoms. The Morgan fingerprint density at radius 1 is 1.00 bits per heavy atom. The van der Waals surface area contributed by atoms with Gasteiger partial charge in [0.2, 0.25) is 0 Å². The number of hydrogen-bond donors (Lipinski definition) is 0. The summed E-state index contributed by atoms with van der Waals surface area (Å²) in [5.41, 5.74) is 2.94. The van der Waals surface area contributed by atoms with Crippen LogP contribution in [-0.4, -0.2) is 9.97 Å². The fraction of sp³-hybridized carbons (Fsp3) is 0.0667. The number of pyridine rings is 1. The zero-order valence-electron chi connectivity index (χ0n) is 10.1. The van der Waals surface area contributed by atoms with Gasteiger partial charge in [0.1, 0.15) is 5.01 Å². The second kappa shape index (κ2) is 5.51. The summed E-state index contributed by atoms with van der Waals surface area (Å²) in [4.78, 5) is 10.1. The zero-order chi connectivity index (χ0) is 13.1. The van der Waals surface area contributed by atoms with Crippen LogP contribution in [0.2, 0.25) is 0 Å². The zero-order valence-corrected chi connectivity index (χ0v) is 11.7. The van der Waals surface area contributed by atoms with Crippen LogP contribution in [0.5, 0.6) is 0 Å². The SMILES string of the molecule is ClCc1sc(-c2ccccn2)nc1-c1ccccc1. The molecule has 94 valence electrons. The molecule has 0 amide bonds. The molecule has 0 atom stereocenters. The van der Waals surface area contributed by atoms with Crippen molar-refractivity contribution in [2.45, 2.75) is 5.88 Å². The van der Waals surface area contributed by atoms with Crippen molar-refractivity contribution in [3.8, 4) is 22.0 Å². The van der Waals surface area contributed by atoms with Crippen LogP contribution in [0.25, 0.3) is 22.0 Å². The largest absolute Gasteiger partial charge is 0.254 e. The first-order valence-corrected chi connectivity index (χ1v) is 7.26. The van der Waals surface area contributed by atoms with Crippen LogP contribution in [0.15, 0.2) is 54.7 Å². The van der Waals surface area contributed by atoms with Crippen molar-refractivity contribution in [1.29, 1.82) is 0 Å². The minimum atomic E-state index is 0.467. The van der Waals surface area contributed by atoms with Crippen LogP contribution in [0.3, 0.4) is 0 Å². The molecule has 0 aliphatic rings. The van der Waals surface area contributed by atoms with Crippen LogP contribution in [-0.2, 0) is 5.88 Å². The smallest absolute Gasteiger partial charge is 0.142 e. The van der Waals surface area contributed by atoms with Crippen LogP contribution in [0, 0.1) is 0 Å². The van der Waals surface area contributed by atoms with E-state index >= 15 is 0 Å². The predicted octanol–water partition coefficient (Wildman–Crippen LogP) is 4.61. The van der Waals surface area contributed by atoms with Crippen molar-refractivity contribution in [3.05, 3.63) is 59.6 Å². The van der Waals surface area contributed by atoms with Crippen molar-refractivity contribution in [3.63, 3.8) is 0 Å². The number of aromatic nitrogens is 2. The highest BCUT2D eigenvalue weighted by molar-refractivity contribution is 7.15. The van der Waals surface area contributed by atoms with Gasteiger partial charge in [-0.3, -0.25) is 4.98 Å². The summed E-state index contributed by atoms with van der Waals surface area (Å²) in [6, 6.07) is 15.9. The van der Waals surface area contributed by atoms with Gasteiger partial charge in [-0.1, -0.05) is 36.4 Å². The van der Waals surface area contributed by atoms with Crippen molar-refractivity contribution >= 4 is 22.9 Å². The van der Waals surface area contributed by atoms with E-state index < -0.39 is 0 Å². The van der Waals surface area contributed by atoms with E-state index in [1.54, 1.807) is 17.5 Å². The summed E-state index contributed by atoms with van der Waals surface area (Å²) in [5, 5.41) is 0.912. The molecule has 0 saturated carbocycles. The topological polar surface area (TPSA) is 25.8 Å². The Morgan fingerprint density at radius 2 is 1.79 bits per heavy atom. The van der Waals surface area contributed by atoms with E-state index in [2.05, 4.69) is 4.98 Å². The summed E-state index contributed by atoms with van der Waals surface area (Å²) in [6.45, 7) is 0. The Kier molecular flexibility index (Phi) is 3.58. The molecule has 0 radical (unpaired) electrons. The fourth-order valence-electron chi connectivity index (χ4n) is 1.86. The van der Waals surface area contributed by atoms with Gasteiger partial charge in [0.05, 0.1) is 17.3 Å². The quantitative estimate of drug-likeness (QED) is 0.657. The highest BCUT2D eigenvalue weighted by Crippen LogP contribution is 2.33. The fourth-order valence-corrected chi connectivity index (χ4v) is 3.06. The number of nitrogens with zero attached hydrogens (tertiary/aromatic N) is 2. The van der Waals surface area contributed by atoms with Crippen LogP contribution in [0.4, 0.5) is 0 Å². The molecular formula is C15H11ClN2S. The second-order valence-electron chi connectivity index (χ2n) is 4.01. The molecule has 0 aliphatic carbocycles. The lowest BCUT2D eigenvalue weighted by Crippen LogP contribution is -1.83. The molecule has 2 heterocycles. The first kappa shape index (κ1) is 12.3. The van der Waals surface area contributed by atoms with Gasteiger partial charge in [-0.05, 0) is 12.1 Å². The molecular weight excluding hydrogens is 276 g/mol. The van der Waals surface area contributed by atoms with Gasteiger partial charge in [-0.25, -0.2) is 4.98 Å². The van der Waals surface area contributed by atoms with Gasteiger partial charge >= 0.3 is 0 Å². The lowest BCUT2D eigenvalue weighted by atomic mass is 10.1. The van der Waals surface area contributed by atoms with Crippen molar-refractivity contribution in [1.82, 2.24) is 9.97 Å². The maximum absolute atomic E-state index is 6.03. The summed E-state index contributed by atoms with van der Waals surface area (Å²) in [5.74, 6) is 0.467. The van der Waals surface area contributed by atoms with E-state index in [-0.39, 0.29) is 0 Å². The normalized spacial score (nSPS) is 10.6. The van der Waals surface area contributed by atoms with Gasteiger partial charge in [-0.2, -0.15) is 0 Å². The molecule has 1 aromatic carbocycles. The summed E-state index contributed by atoms with van der Waals surface area (Å²) in [6.07, 6.45) is 1.78. The lowest BCUT2D eigenvalue weighted by molar-refractivity contribution is 1.28. The number of thiazole rings is 1. The third-order valence-electron chi connectivity index (χ3n) is 2.75. The van der Waals surface area contributed by atoms with Crippen LogP contribution in [0.1, 0.15) is 4.88 Å². The molecule has 0 N–H and O–H groups in total. The monoisotopic (exact) mass is 286 g/mol. The lowest BCUT2D eigenvalue weighted by Gasteiger charge is -1.98. The van der Waals surface area contributed by atoms with Crippen molar-refractivity contribution in [2.75, 3.05) is 0 Å². The molecule has 0 aliphatic heterocycles. The van der Waals surface area contributed by atoms with Gasteiger partial charge in [0.15, 0.2) is 0 Å². The average Bonchev–Trinajstić information content (AvgIpc) is 2.93. The second-order valence-corrected chi connectivity index (χ2v) is 5.36. The molecule has 19 heavy (non-hydrogen) atoms. The number of halogens is 1. The highest BCUT2D eigenvalue weighted by Gasteiger charge is 2.13. The Bertz CT molecular complexity index is 665. The van der Waals surface area contributed by atoms with Crippen molar-refractivity contribution < 1.29 is 0 Å². The van der Waals surface area contributed by atoms with E-state index in [0.29, 0.717) is 5.88 Å². The first-order chi connectivity index (χ1) is 9.38. The predicted molar refractivity (Wildman–Crippen MR) is 80.3 cm³/mol. The Morgan fingerprint density at radius 3 is 2.47 bits per heavy atom. The number of rotatable bonds is 3. The number of hydrogen-bond acceptors (Lipinski definition) is 3. The van der Waals surface area contributed by atoms with Crippen LogP contribution < -0.4 is 0 Å². The van der Waals surface area contributed by atoms with E-state index in [4.69, 9.17) is 16.6 Å². The van der Waals surface area contributed by atoms with E-state index in [9.17, 15) is 0 Å². The minimum Gasteiger partial charge on any atom is -0.254 e. The van der Waals surface area contributed by atoms with E-state index in [1.165, 1.54) is 0 Å². The summed E-state index contributed by atoms with van der Waals surface area (Å²) in [7, 11) is 0. The van der Waals surface area contributed by atoms with Gasteiger partial charge in [0, 0.05) is 16.6 Å². The number of alkyl halides is 1. The van der Waals surface area contributed by atoms with Gasteiger partial charge in [-0.15, -0.1) is 22.9 Å². The van der Waals surface area contributed by atoms with Gasteiger partial charge in [0.25, 0.3) is 0 Å². The van der Waals surface area contributed by atoms with Crippen LogP contribution >= 0.6 is 22.9 Å². The summed E-state index contributed by atoms with van der Waals surface area (Å²) >= 11 is 7.63. The third-order valence-corrected chi connectivity index (χ3v) is 4.25. The number of benzene rings is 1. The molecule has 2 aromatic heterocycles. The highest BCUT2D eigenvalue weighted by atomic mass is 35.5. The van der Waals surface area contributed by atoms with E-state index in [1.807, 2.05) is 48.5 Å². The standard InChI is InChI=1S/C15H11ClN2S/c16-10-13-14(11-6-2-1-3-7-11)18-15(19-13)12-8-4-5-9-17-12/h1-9H,10H2. The minimum absolute atomic E-state index is 0.467. The molecule has 0 unspecified atom stereocenters. The van der Waals surface area contributed by atoms with Gasteiger partial charge < -0.3 is 0 Å². The molecule has 0 fully saturated rings. The van der Waals surface area contributed by atoms with Crippen molar-refractivity contribution in [2.24, 2.45) is 0 Å². The summed E-state index contributed by atoms with van der Waals surface area (Å²) < 4.78 is 0. The average molecular weight is 287 g/mol. The molecule has 3 aromatic rings.